The van der Waals surface area contributed by atoms with Crippen molar-refractivity contribution in [3.8, 4) is 6.07 Å². The van der Waals surface area contributed by atoms with E-state index >= 15 is 0 Å². The molecule has 1 heterocycles. The number of nitrogens with zero attached hydrogens (tertiary/aromatic N) is 4. The van der Waals surface area contributed by atoms with E-state index in [4.69, 9.17) is 20.6 Å². The highest BCUT2D eigenvalue weighted by molar-refractivity contribution is 4.87. The minimum absolute atomic E-state index is 0.0683. The Morgan fingerprint density at radius 2 is 2.14 bits per heavy atom. The Balaban J connectivity index is 0.000000364. The van der Waals surface area contributed by atoms with Crippen molar-refractivity contribution in [3.63, 3.8) is 0 Å². The number of aryl methyl sites for hydroxylation is 1. The minimum atomic E-state index is -1.75. The van der Waals surface area contributed by atoms with Gasteiger partial charge in [0.2, 0.25) is 6.33 Å². The van der Waals surface area contributed by atoms with E-state index in [0.717, 1.165) is 0 Å². The average molecular weight is 198 g/mol. The number of rotatable bonds is 1. The quantitative estimate of drug-likeness (QED) is 0.364. The van der Waals surface area contributed by atoms with Crippen LogP contribution in [0.3, 0.4) is 0 Å². The molecule has 1 unspecified atom stereocenters. The first kappa shape index (κ1) is 11.9. The zero-order valence-electron chi connectivity index (χ0n) is 7.82. The monoisotopic (exact) mass is 198 g/mol. The Labute approximate surface area is 80.5 Å². The highest BCUT2D eigenvalue weighted by atomic mass is 16.9. The molecule has 0 spiro atoms. The molecule has 0 saturated carbocycles. The van der Waals surface area contributed by atoms with Gasteiger partial charge in [0.25, 0.3) is 0 Å². The lowest BCUT2D eigenvalue weighted by Gasteiger charge is -1.92. The molecule has 1 rings (SSSR count). The standard InChI is InChI=1S/C7H10N3.NO3/c1-7(5-8)10-4-3-9(2)6-10;2-1(3)4/h3-4,6-7H,1-2H3;/q+1;-1. The molecule has 0 radical (unpaired) electrons. The van der Waals surface area contributed by atoms with E-state index in [2.05, 4.69) is 6.07 Å². The fourth-order valence-corrected chi connectivity index (χ4v) is 0.765. The second-order valence-corrected chi connectivity index (χ2v) is 2.55. The predicted molar refractivity (Wildman–Crippen MR) is 46.3 cm³/mol. The molecule has 0 saturated heterocycles. The Morgan fingerprint density at radius 3 is 2.43 bits per heavy atom. The summed E-state index contributed by atoms with van der Waals surface area (Å²) >= 11 is 0. The second kappa shape index (κ2) is 5.53. The van der Waals surface area contributed by atoms with Crippen LogP contribution in [0.4, 0.5) is 0 Å². The summed E-state index contributed by atoms with van der Waals surface area (Å²) in [5.41, 5.74) is 0. The highest BCUT2D eigenvalue weighted by Gasteiger charge is 2.06. The van der Waals surface area contributed by atoms with Crippen LogP contribution in [0.25, 0.3) is 0 Å². The van der Waals surface area contributed by atoms with Gasteiger partial charge in [0.1, 0.15) is 18.5 Å². The van der Waals surface area contributed by atoms with Crippen LogP contribution in [-0.2, 0) is 7.05 Å². The SMILES string of the molecule is CC(C#N)n1cc[n+](C)c1.O=[N+]([O-])[O-]. The first-order valence-electron chi connectivity index (χ1n) is 3.71. The lowest BCUT2D eigenvalue weighted by Crippen LogP contribution is -2.24. The summed E-state index contributed by atoms with van der Waals surface area (Å²) in [6.07, 6.45) is 5.68. The van der Waals surface area contributed by atoms with Crippen molar-refractivity contribution in [1.82, 2.24) is 4.57 Å². The molecule has 0 aliphatic carbocycles. The topological polar surface area (TPSA) is 98.8 Å². The first-order valence-corrected chi connectivity index (χ1v) is 3.71. The molecule has 7 nitrogen and oxygen atoms in total. The normalized spacial score (nSPS) is 10.6. The van der Waals surface area contributed by atoms with Gasteiger partial charge < -0.3 is 15.3 Å². The maximum atomic E-state index is 8.52. The van der Waals surface area contributed by atoms with E-state index in [1.165, 1.54) is 0 Å². The van der Waals surface area contributed by atoms with Gasteiger partial charge in [0, 0.05) is 0 Å². The van der Waals surface area contributed by atoms with Gasteiger partial charge in [0.05, 0.1) is 12.1 Å². The number of nitriles is 1. The number of hydrogen-bond acceptors (Lipinski definition) is 4. The lowest BCUT2D eigenvalue weighted by atomic mass is 10.4. The van der Waals surface area contributed by atoms with Crippen molar-refractivity contribution >= 4 is 0 Å². The van der Waals surface area contributed by atoms with Crippen LogP contribution in [0.15, 0.2) is 18.7 Å². The molecule has 0 N–H and O–H groups in total. The Bertz CT molecular complexity index is 337. The predicted octanol–water partition coefficient (Wildman–Crippen LogP) is 0.158. The Hall–Kier alpha value is -2.10. The largest absolute Gasteiger partial charge is 0.356 e. The minimum Gasteiger partial charge on any atom is -0.356 e. The van der Waals surface area contributed by atoms with Gasteiger partial charge in [-0.05, 0) is 6.92 Å². The number of aromatic nitrogens is 2. The first-order chi connectivity index (χ1) is 6.47. The van der Waals surface area contributed by atoms with Crippen molar-refractivity contribution in [2.45, 2.75) is 13.0 Å². The van der Waals surface area contributed by atoms with Crippen LogP contribution in [0.5, 0.6) is 0 Å². The highest BCUT2D eigenvalue weighted by Crippen LogP contribution is 1.99. The molecule has 1 aromatic rings. The maximum Gasteiger partial charge on any atom is 0.244 e. The van der Waals surface area contributed by atoms with Crippen LogP contribution in [0, 0.1) is 26.7 Å². The molecular weight excluding hydrogens is 188 g/mol. The van der Waals surface area contributed by atoms with Gasteiger partial charge in [-0.1, -0.05) is 0 Å². The molecule has 0 amide bonds. The van der Waals surface area contributed by atoms with E-state index in [1.807, 2.05) is 41.8 Å². The lowest BCUT2D eigenvalue weighted by molar-refractivity contribution is -0.671. The van der Waals surface area contributed by atoms with Crippen molar-refractivity contribution in [2.24, 2.45) is 7.05 Å². The molecule has 0 aliphatic heterocycles. The molecule has 0 fully saturated rings. The van der Waals surface area contributed by atoms with Crippen LogP contribution in [0.1, 0.15) is 13.0 Å². The molecule has 0 bridgehead atoms. The van der Waals surface area contributed by atoms with Gasteiger partial charge >= 0.3 is 0 Å². The fourth-order valence-electron chi connectivity index (χ4n) is 0.765. The van der Waals surface area contributed by atoms with Crippen LogP contribution >= 0.6 is 0 Å². The molecule has 1 aromatic heterocycles. The van der Waals surface area contributed by atoms with E-state index in [-0.39, 0.29) is 6.04 Å². The van der Waals surface area contributed by atoms with Crippen LogP contribution in [0.2, 0.25) is 0 Å². The fraction of sp³-hybridized carbons (Fsp3) is 0.429. The molecule has 76 valence electrons. The summed E-state index contributed by atoms with van der Waals surface area (Å²) in [4.78, 5) is 8.25. The molecule has 1 atom stereocenters. The molecule has 0 aliphatic rings. The molecular formula is C7H10N4O3. The third-order valence-corrected chi connectivity index (χ3v) is 1.42. The van der Waals surface area contributed by atoms with Gasteiger partial charge in [-0.25, -0.2) is 9.13 Å². The van der Waals surface area contributed by atoms with Crippen molar-refractivity contribution in [1.29, 1.82) is 5.26 Å². The van der Waals surface area contributed by atoms with Crippen LogP contribution in [-0.4, -0.2) is 9.65 Å². The maximum absolute atomic E-state index is 8.52. The molecule has 7 heteroatoms. The third-order valence-electron chi connectivity index (χ3n) is 1.42. The smallest absolute Gasteiger partial charge is 0.244 e. The van der Waals surface area contributed by atoms with E-state index in [1.54, 1.807) is 0 Å². The van der Waals surface area contributed by atoms with E-state index in [0.29, 0.717) is 0 Å². The summed E-state index contributed by atoms with van der Waals surface area (Å²) in [5, 5.41) is 23.3. The van der Waals surface area contributed by atoms with Crippen molar-refractivity contribution in [3.05, 3.63) is 34.0 Å². The zero-order chi connectivity index (χ0) is 11.1. The Morgan fingerprint density at radius 1 is 1.64 bits per heavy atom. The molecule has 0 aromatic carbocycles. The summed E-state index contributed by atoms with van der Waals surface area (Å²) in [5.74, 6) is 0. The van der Waals surface area contributed by atoms with Crippen LogP contribution < -0.4 is 4.57 Å². The third kappa shape index (κ3) is 4.71. The summed E-state index contributed by atoms with van der Waals surface area (Å²) < 4.78 is 3.77. The van der Waals surface area contributed by atoms with E-state index < -0.39 is 5.09 Å². The van der Waals surface area contributed by atoms with E-state index in [9.17, 15) is 0 Å². The van der Waals surface area contributed by atoms with Crippen molar-refractivity contribution < 1.29 is 9.65 Å². The van der Waals surface area contributed by atoms with Gasteiger partial charge in [0.15, 0.2) is 6.04 Å². The van der Waals surface area contributed by atoms with Crippen molar-refractivity contribution in [2.75, 3.05) is 0 Å². The number of hydrogen-bond donors (Lipinski definition) is 0. The zero-order valence-corrected chi connectivity index (χ0v) is 7.82. The summed E-state index contributed by atoms with van der Waals surface area (Å²) in [7, 11) is 1.93. The summed E-state index contributed by atoms with van der Waals surface area (Å²) in [6.45, 7) is 1.86. The summed E-state index contributed by atoms with van der Waals surface area (Å²) in [6, 6.07) is 2.08. The molecule has 14 heavy (non-hydrogen) atoms. The second-order valence-electron chi connectivity index (χ2n) is 2.55. The van der Waals surface area contributed by atoms with Gasteiger partial charge in [-0.3, -0.25) is 0 Å². The number of imidazole rings is 1. The Kier molecular flexibility index (Phi) is 4.70. The van der Waals surface area contributed by atoms with Gasteiger partial charge in [-0.15, -0.1) is 0 Å². The van der Waals surface area contributed by atoms with Gasteiger partial charge in [-0.2, -0.15) is 5.26 Å². The average Bonchev–Trinajstić information content (AvgIpc) is 2.49.